The number of hydrogen-bond donors (Lipinski definition) is 2. The van der Waals surface area contributed by atoms with Crippen LogP contribution in [-0.4, -0.2) is 58.3 Å². The van der Waals surface area contributed by atoms with Crippen LogP contribution in [0.15, 0.2) is 60.9 Å². The number of piperazine rings is 1. The molecule has 0 bridgehead atoms. The first kappa shape index (κ1) is 22.4. The minimum atomic E-state index is -0.549. The van der Waals surface area contributed by atoms with Crippen LogP contribution in [0.2, 0.25) is 5.02 Å². The summed E-state index contributed by atoms with van der Waals surface area (Å²) in [6.45, 7) is 1.11. The lowest BCUT2D eigenvalue weighted by molar-refractivity contribution is -0.147. The fraction of sp³-hybridized carbons (Fsp3) is 0.320. The summed E-state index contributed by atoms with van der Waals surface area (Å²) in [6, 6.07) is 14.1. The summed E-state index contributed by atoms with van der Waals surface area (Å²) < 4.78 is 6.97. The molecular weight excluding hydrogens is 454 g/mol. The van der Waals surface area contributed by atoms with Crippen LogP contribution < -0.4 is 15.4 Å². The molecule has 0 saturated carbocycles. The summed E-state index contributed by atoms with van der Waals surface area (Å²) in [5, 5.41) is 11.5. The lowest BCUT2D eigenvalue weighted by Crippen LogP contribution is -2.61. The zero-order valence-electron chi connectivity index (χ0n) is 18.8. The molecule has 2 saturated heterocycles. The maximum Gasteiger partial charge on any atom is 0.246 e. The van der Waals surface area contributed by atoms with Crippen LogP contribution in [0, 0.1) is 0 Å². The Balaban J connectivity index is 1.19. The molecule has 0 radical (unpaired) electrons. The number of carbonyl (C=O) groups is 2. The van der Waals surface area contributed by atoms with Crippen molar-refractivity contribution in [2.24, 2.45) is 0 Å². The van der Waals surface area contributed by atoms with E-state index in [2.05, 4.69) is 15.7 Å². The SMILES string of the molecule is COc1ccc(C[C@@H]2NC(=O)[C@@H]3C[C@H](NCc4cnn(-c5cccc(Cl)c5)c4)CN3C2=O)cc1. The Morgan fingerprint density at radius 2 is 2.00 bits per heavy atom. The number of amides is 2. The number of rotatable bonds is 7. The van der Waals surface area contributed by atoms with E-state index in [1.54, 1.807) is 22.9 Å². The van der Waals surface area contributed by atoms with Crippen LogP contribution in [0.3, 0.4) is 0 Å². The van der Waals surface area contributed by atoms with Gasteiger partial charge >= 0.3 is 0 Å². The summed E-state index contributed by atoms with van der Waals surface area (Å²) in [6.07, 6.45) is 4.80. The minimum Gasteiger partial charge on any atom is -0.497 e. The Hall–Kier alpha value is -3.36. The molecule has 0 aliphatic carbocycles. The lowest BCUT2D eigenvalue weighted by Gasteiger charge is -2.34. The monoisotopic (exact) mass is 479 g/mol. The van der Waals surface area contributed by atoms with E-state index >= 15 is 0 Å². The highest BCUT2D eigenvalue weighted by atomic mass is 35.5. The molecule has 1 aromatic heterocycles. The largest absolute Gasteiger partial charge is 0.497 e. The quantitative estimate of drug-likeness (QED) is 0.543. The maximum atomic E-state index is 13.1. The second-order valence-electron chi connectivity index (χ2n) is 8.71. The molecule has 0 spiro atoms. The van der Waals surface area contributed by atoms with Gasteiger partial charge in [0.1, 0.15) is 17.8 Å². The van der Waals surface area contributed by atoms with E-state index < -0.39 is 12.1 Å². The third kappa shape index (κ3) is 4.64. The normalized spacial score (nSPS) is 21.9. The Morgan fingerprint density at radius 1 is 1.18 bits per heavy atom. The molecule has 9 heteroatoms. The van der Waals surface area contributed by atoms with E-state index in [1.165, 1.54) is 0 Å². The third-order valence-electron chi connectivity index (χ3n) is 6.40. The molecule has 2 fully saturated rings. The number of halogens is 1. The van der Waals surface area contributed by atoms with E-state index in [9.17, 15) is 9.59 Å². The molecule has 5 rings (SSSR count). The van der Waals surface area contributed by atoms with Crippen LogP contribution in [-0.2, 0) is 22.6 Å². The van der Waals surface area contributed by atoms with Gasteiger partial charge in [-0.2, -0.15) is 5.10 Å². The van der Waals surface area contributed by atoms with Crippen molar-refractivity contribution in [2.75, 3.05) is 13.7 Å². The van der Waals surface area contributed by atoms with E-state index in [4.69, 9.17) is 16.3 Å². The number of nitrogens with one attached hydrogen (secondary N) is 2. The Kier molecular flexibility index (Phi) is 6.26. The van der Waals surface area contributed by atoms with Crippen molar-refractivity contribution >= 4 is 23.4 Å². The summed E-state index contributed by atoms with van der Waals surface area (Å²) in [5.41, 5.74) is 2.88. The van der Waals surface area contributed by atoms with Crippen molar-refractivity contribution in [2.45, 2.75) is 37.5 Å². The average Bonchev–Trinajstić information content (AvgIpc) is 3.49. The van der Waals surface area contributed by atoms with Crippen molar-refractivity contribution in [1.82, 2.24) is 25.3 Å². The van der Waals surface area contributed by atoms with Crippen molar-refractivity contribution in [1.29, 1.82) is 0 Å². The van der Waals surface area contributed by atoms with Gasteiger partial charge in [-0.3, -0.25) is 9.59 Å². The van der Waals surface area contributed by atoms with Crippen LogP contribution in [0.4, 0.5) is 0 Å². The van der Waals surface area contributed by atoms with Crippen molar-refractivity contribution < 1.29 is 14.3 Å². The summed E-state index contributed by atoms with van der Waals surface area (Å²) in [4.78, 5) is 27.6. The first-order chi connectivity index (χ1) is 16.5. The highest BCUT2D eigenvalue weighted by Gasteiger charge is 2.46. The van der Waals surface area contributed by atoms with Gasteiger partial charge in [0.25, 0.3) is 0 Å². The van der Waals surface area contributed by atoms with Gasteiger partial charge in [-0.15, -0.1) is 0 Å². The van der Waals surface area contributed by atoms with Crippen LogP contribution in [0.1, 0.15) is 17.5 Å². The summed E-state index contributed by atoms with van der Waals surface area (Å²) in [5.74, 6) is 0.643. The van der Waals surface area contributed by atoms with E-state index in [0.29, 0.717) is 31.0 Å². The van der Waals surface area contributed by atoms with E-state index in [0.717, 1.165) is 22.6 Å². The number of nitrogens with zero attached hydrogens (tertiary/aromatic N) is 3. The van der Waals surface area contributed by atoms with Gasteiger partial charge < -0.3 is 20.3 Å². The maximum absolute atomic E-state index is 13.1. The van der Waals surface area contributed by atoms with E-state index in [-0.39, 0.29) is 17.9 Å². The molecule has 34 heavy (non-hydrogen) atoms. The minimum absolute atomic E-state index is 0.0292. The highest BCUT2D eigenvalue weighted by Crippen LogP contribution is 2.25. The van der Waals surface area contributed by atoms with Gasteiger partial charge in [0.05, 0.1) is 19.0 Å². The molecule has 3 atom stereocenters. The van der Waals surface area contributed by atoms with Gasteiger partial charge in [-0.25, -0.2) is 4.68 Å². The summed E-state index contributed by atoms with van der Waals surface area (Å²) >= 11 is 6.08. The lowest BCUT2D eigenvalue weighted by atomic mass is 10.0. The number of benzene rings is 2. The predicted molar refractivity (Wildman–Crippen MR) is 128 cm³/mol. The fourth-order valence-electron chi connectivity index (χ4n) is 4.61. The number of carbonyl (C=O) groups excluding carboxylic acids is 2. The summed E-state index contributed by atoms with van der Waals surface area (Å²) in [7, 11) is 1.61. The van der Waals surface area contributed by atoms with Crippen molar-refractivity contribution in [3.63, 3.8) is 0 Å². The third-order valence-corrected chi connectivity index (χ3v) is 6.64. The molecule has 2 aliphatic rings. The highest BCUT2D eigenvalue weighted by molar-refractivity contribution is 6.30. The molecule has 2 amide bonds. The molecule has 3 heterocycles. The number of aromatic nitrogens is 2. The van der Waals surface area contributed by atoms with Crippen LogP contribution >= 0.6 is 11.6 Å². The molecule has 2 aliphatic heterocycles. The predicted octanol–water partition coefficient (Wildman–Crippen LogP) is 2.33. The van der Waals surface area contributed by atoms with Crippen molar-refractivity contribution in [3.8, 4) is 11.4 Å². The molecule has 0 unspecified atom stereocenters. The zero-order valence-corrected chi connectivity index (χ0v) is 19.5. The first-order valence-electron chi connectivity index (χ1n) is 11.3. The van der Waals surface area contributed by atoms with Gasteiger partial charge in [-0.1, -0.05) is 29.8 Å². The zero-order chi connectivity index (χ0) is 23.7. The molecule has 3 aromatic rings. The smallest absolute Gasteiger partial charge is 0.246 e. The molecule has 2 aromatic carbocycles. The van der Waals surface area contributed by atoms with Crippen LogP contribution in [0.5, 0.6) is 5.75 Å². The molecule has 2 N–H and O–H groups in total. The molecule has 8 nitrogen and oxygen atoms in total. The Bertz CT molecular complexity index is 1200. The second kappa shape index (κ2) is 9.48. The van der Waals surface area contributed by atoms with E-state index in [1.807, 2.05) is 54.7 Å². The van der Waals surface area contributed by atoms with Crippen LogP contribution in [0.25, 0.3) is 5.69 Å². The number of methoxy groups -OCH3 is 1. The topological polar surface area (TPSA) is 88.5 Å². The number of hydrogen-bond acceptors (Lipinski definition) is 5. The molecule has 176 valence electrons. The van der Waals surface area contributed by atoms with Gasteiger partial charge in [0.2, 0.25) is 11.8 Å². The average molecular weight is 480 g/mol. The molecular formula is C25H26ClN5O3. The number of fused-ring (bicyclic) bond motifs is 1. The van der Waals surface area contributed by atoms with Gasteiger partial charge in [-0.05, 0) is 42.3 Å². The fourth-order valence-corrected chi connectivity index (χ4v) is 4.80. The van der Waals surface area contributed by atoms with Gasteiger partial charge in [0.15, 0.2) is 0 Å². The first-order valence-corrected chi connectivity index (χ1v) is 11.6. The van der Waals surface area contributed by atoms with Crippen molar-refractivity contribution in [3.05, 3.63) is 77.1 Å². The Morgan fingerprint density at radius 3 is 2.76 bits per heavy atom. The van der Waals surface area contributed by atoms with Gasteiger partial charge in [0, 0.05) is 42.3 Å². The standard InChI is InChI=1S/C25H26ClN5O3/c1-34-21-7-5-16(6-8-21)9-22-25(33)30-15-19(11-23(30)24(32)29-22)27-12-17-13-28-31(14-17)20-4-2-3-18(26)10-20/h2-8,10,13-14,19,22-23,27H,9,11-12,15H2,1H3,(H,29,32)/t19-,22-,23-/m0/s1. The second-order valence-corrected chi connectivity index (χ2v) is 9.14. The Labute approximate surface area is 202 Å². The number of ether oxygens (including phenoxy) is 1.